The van der Waals surface area contributed by atoms with Crippen molar-refractivity contribution in [2.75, 3.05) is 52.2 Å². The first-order valence-corrected chi connectivity index (χ1v) is 5.63. The third kappa shape index (κ3) is 3.48. The second-order valence-electron chi connectivity index (χ2n) is 3.89. The topological polar surface area (TPSA) is 55.9 Å². The third-order valence-corrected chi connectivity index (χ3v) is 2.54. The van der Waals surface area contributed by atoms with Crippen LogP contribution in [0, 0.1) is 0 Å². The molecule has 1 rings (SSSR count). The maximum absolute atomic E-state index is 5.25. The Morgan fingerprint density at radius 2 is 1.94 bits per heavy atom. The smallest absolute Gasteiger partial charge is 0.239 e. The van der Waals surface area contributed by atoms with E-state index in [0.29, 0.717) is 12.4 Å². The molecule has 0 saturated carbocycles. The van der Waals surface area contributed by atoms with Crippen LogP contribution in [-0.2, 0) is 9.47 Å². The number of pyridine rings is 1. The van der Waals surface area contributed by atoms with Gasteiger partial charge in [0.1, 0.15) is 5.69 Å². The lowest BCUT2D eigenvalue weighted by atomic mass is 10.3. The van der Waals surface area contributed by atoms with Gasteiger partial charge in [0.2, 0.25) is 5.88 Å². The fourth-order valence-electron chi connectivity index (χ4n) is 1.57. The molecule has 6 heteroatoms. The molecule has 0 spiro atoms. The summed E-state index contributed by atoms with van der Waals surface area (Å²) in [4.78, 5) is 6.16. The van der Waals surface area contributed by atoms with Gasteiger partial charge in [0, 0.05) is 34.5 Å². The Labute approximate surface area is 108 Å². The minimum absolute atomic E-state index is 0.315. The Hall–Kier alpha value is -1.53. The molecule has 0 aliphatic carbocycles. The van der Waals surface area contributed by atoms with Crippen LogP contribution in [0.2, 0.25) is 0 Å². The molecule has 0 unspecified atom stereocenters. The van der Waals surface area contributed by atoms with E-state index >= 15 is 0 Å². The number of methoxy groups -OCH3 is 3. The van der Waals surface area contributed by atoms with Crippen LogP contribution in [0.25, 0.3) is 0 Å². The van der Waals surface area contributed by atoms with E-state index in [-0.39, 0.29) is 6.29 Å². The summed E-state index contributed by atoms with van der Waals surface area (Å²) in [6.45, 7) is 0.510. The summed E-state index contributed by atoms with van der Waals surface area (Å²) in [7, 11) is 8.72. The average molecular weight is 255 g/mol. The molecule has 0 fully saturated rings. The SMILES string of the molecule is COc1nccc(N(C)C)c1NCC(OC)OC. The van der Waals surface area contributed by atoms with Gasteiger partial charge in [-0.1, -0.05) is 0 Å². The van der Waals surface area contributed by atoms with Crippen molar-refractivity contribution in [1.82, 2.24) is 4.98 Å². The van der Waals surface area contributed by atoms with Gasteiger partial charge < -0.3 is 24.4 Å². The van der Waals surface area contributed by atoms with Crippen molar-refractivity contribution in [2.24, 2.45) is 0 Å². The highest BCUT2D eigenvalue weighted by Gasteiger charge is 2.13. The molecule has 0 bridgehead atoms. The molecule has 1 N–H and O–H groups in total. The number of nitrogens with one attached hydrogen (secondary N) is 1. The minimum atomic E-state index is -0.315. The lowest BCUT2D eigenvalue weighted by Crippen LogP contribution is -2.25. The van der Waals surface area contributed by atoms with E-state index in [1.54, 1.807) is 27.5 Å². The normalized spacial score (nSPS) is 10.6. The van der Waals surface area contributed by atoms with Crippen LogP contribution in [0.5, 0.6) is 5.88 Å². The molecule has 0 aliphatic heterocycles. The predicted molar refractivity (Wildman–Crippen MR) is 71.4 cm³/mol. The molecular formula is C12H21N3O3. The summed E-state index contributed by atoms with van der Waals surface area (Å²) in [6, 6.07) is 1.92. The highest BCUT2D eigenvalue weighted by molar-refractivity contribution is 5.74. The Balaban J connectivity index is 2.90. The van der Waals surface area contributed by atoms with E-state index in [9.17, 15) is 0 Å². The number of nitrogens with zero attached hydrogens (tertiary/aromatic N) is 2. The van der Waals surface area contributed by atoms with Crippen LogP contribution in [0.1, 0.15) is 0 Å². The van der Waals surface area contributed by atoms with Gasteiger partial charge in [-0.2, -0.15) is 0 Å². The second-order valence-corrected chi connectivity index (χ2v) is 3.89. The third-order valence-electron chi connectivity index (χ3n) is 2.54. The number of hydrogen-bond acceptors (Lipinski definition) is 6. The highest BCUT2D eigenvalue weighted by atomic mass is 16.7. The van der Waals surface area contributed by atoms with Gasteiger partial charge in [-0.25, -0.2) is 4.98 Å². The summed E-state index contributed by atoms with van der Waals surface area (Å²) >= 11 is 0. The molecule has 1 heterocycles. The summed E-state index contributed by atoms with van der Waals surface area (Å²) in [5, 5.41) is 3.24. The number of hydrogen-bond donors (Lipinski definition) is 1. The highest BCUT2D eigenvalue weighted by Crippen LogP contribution is 2.31. The molecule has 0 atom stereocenters. The summed E-state index contributed by atoms with van der Waals surface area (Å²) < 4.78 is 15.5. The maximum Gasteiger partial charge on any atom is 0.239 e. The summed E-state index contributed by atoms with van der Waals surface area (Å²) in [5.41, 5.74) is 1.82. The van der Waals surface area contributed by atoms with Crippen LogP contribution in [-0.4, -0.2) is 53.2 Å². The molecule has 0 radical (unpaired) electrons. The molecule has 0 aromatic carbocycles. The molecule has 102 valence electrons. The number of ether oxygens (including phenoxy) is 3. The van der Waals surface area contributed by atoms with Gasteiger partial charge in [-0.05, 0) is 6.07 Å². The van der Waals surface area contributed by atoms with Gasteiger partial charge in [0.05, 0.1) is 19.3 Å². The van der Waals surface area contributed by atoms with E-state index in [1.807, 2.05) is 25.1 Å². The lowest BCUT2D eigenvalue weighted by molar-refractivity contribution is -0.0914. The molecule has 0 aliphatic rings. The van der Waals surface area contributed by atoms with Crippen molar-refractivity contribution in [3.8, 4) is 5.88 Å². The van der Waals surface area contributed by atoms with Crippen LogP contribution >= 0.6 is 0 Å². The number of anilines is 2. The standard InChI is InChI=1S/C12H21N3O3/c1-15(2)9-6-7-13-12(18-5)11(9)14-8-10(16-3)17-4/h6-7,10,14H,8H2,1-5H3. The van der Waals surface area contributed by atoms with E-state index < -0.39 is 0 Å². The van der Waals surface area contributed by atoms with E-state index in [2.05, 4.69) is 10.3 Å². The number of aromatic nitrogens is 1. The fourth-order valence-corrected chi connectivity index (χ4v) is 1.57. The van der Waals surface area contributed by atoms with Crippen LogP contribution in [0.15, 0.2) is 12.3 Å². The van der Waals surface area contributed by atoms with Gasteiger partial charge in [0.15, 0.2) is 6.29 Å². The Kier molecular flexibility index (Phi) is 5.67. The Morgan fingerprint density at radius 1 is 1.28 bits per heavy atom. The molecule has 6 nitrogen and oxygen atoms in total. The summed E-state index contributed by atoms with van der Waals surface area (Å²) in [6.07, 6.45) is 1.40. The van der Waals surface area contributed by atoms with Gasteiger partial charge in [0.25, 0.3) is 0 Å². The van der Waals surface area contributed by atoms with Gasteiger partial charge >= 0.3 is 0 Å². The van der Waals surface area contributed by atoms with E-state index in [4.69, 9.17) is 14.2 Å². The minimum Gasteiger partial charge on any atom is -0.479 e. The molecule has 0 saturated heterocycles. The van der Waals surface area contributed by atoms with Crippen molar-refractivity contribution in [1.29, 1.82) is 0 Å². The lowest BCUT2D eigenvalue weighted by Gasteiger charge is -2.21. The van der Waals surface area contributed by atoms with E-state index in [1.165, 1.54) is 0 Å². The van der Waals surface area contributed by atoms with Crippen LogP contribution in [0.3, 0.4) is 0 Å². The quantitative estimate of drug-likeness (QED) is 0.739. The molecule has 0 amide bonds. The Morgan fingerprint density at radius 3 is 2.44 bits per heavy atom. The first-order chi connectivity index (χ1) is 8.63. The van der Waals surface area contributed by atoms with Crippen molar-refractivity contribution in [2.45, 2.75) is 6.29 Å². The largest absolute Gasteiger partial charge is 0.479 e. The zero-order chi connectivity index (χ0) is 13.5. The second kappa shape index (κ2) is 7.03. The number of rotatable bonds is 7. The van der Waals surface area contributed by atoms with Gasteiger partial charge in [-0.3, -0.25) is 0 Å². The first-order valence-electron chi connectivity index (χ1n) is 5.63. The Bertz CT molecular complexity index is 368. The van der Waals surface area contributed by atoms with E-state index in [0.717, 1.165) is 11.4 Å². The van der Waals surface area contributed by atoms with Crippen molar-refractivity contribution in [3.05, 3.63) is 12.3 Å². The molecule has 1 aromatic heterocycles. The monoisotopic (exact) mass is 255 g/mol. The maximum atomic E-state index is 5.25. The van der Waals surface area contributed by atoms with Crippen molar-refractivity contribution in [3.63, 3.8) is 0 Å². The van der Waals surface area contributed by atoms with Gasteiger partial charge in [-0.15, -0.1) is 0 Å². The van der Waals surface area contributed by atoms with Crippen molar-refractivity contribution < 1.29 is 14.2 Å². The molecule has 1 aromatic rings. The average Bonchev–Trinajstić information content (AvgIpc) is 2.39. The first kappa shape index (κ1) is 14.5. The zero-order valence-corrected chi connectivity index (χ0v) is 11.6. The van der Waals surface area contributed by atoms with Crippen LogP contribution < -0.4 is 15.0 Å². The summed E-state index contributed by atoms with van der Waals surface area (Å²) in [5.74, 6) is 0.548. The molecule has 18 heavy (non-hydrogen) atoms. The predicted octanol–water partition coefficient (Wildman–Crippen LogP) is 1.19. The zero-order valence-electron chi connectivity index (χ0n) is 11.6. The fraction of sp³-hybridized carbons (Fsp3) is 0.583. The van der Waals surface area contributed by atoms with Crippen molar-refractivity contribution >= 4 is 11.4 Å². The molecular weight excluding hydrogens is 234 g/mol. The van der Waals surface area contributed by atoms with Crippen LogP contribution in [0.4, 0.5) is 11.4 Å².